The largest absolute Gasteiger partial charge is 0.313 e. The molecule has 6 nitrogen and oxygen atoms in total. The van der Waals surface area contributed by atoms with E-state index in [4.69, 9.17) is 0 Å². The summed E-state index contributed by atoms with van der Waals surface area (Å²) in [5.41, 5.74) is 0.954. The third kappa shape index (κ3) is 4.29. The number of para-hydroxylation sites is 1. The number of rotatable bonds is 7. The molecular formula is C14H19N5OS. The first-order chi connectivity index (χ1) is 10.2. The summed E-state index contributed by atoms with van der Waals surface area (Å²) in [5.74, 6) is 0.979. The molecule has 0 aliphatic rings. The molecule has 112 valence electrons. The monoisotopic (exact) mass is 305 g/mol. The summed E-state index contributed by atoms with van der Waals surface area (Å²) < 4.78 is 1.63. The van der Waals surface area contributed by atoms with Gasteiger partial charge in [0.2, 0.25) is 11.1 Å². The lowest BCUT2D eigenvalue weighted by Gasteiger charge is -2.20. The van der Waals surface area contributed by atoms with Crippen LogP contribution in [-0.2, 0) is 11.8 Å². The minimum atomic E-state index is 0.153. The number of aryl methyl sites for hydroxylation is 1. The minimum Gasteiger partial charge on any atom is -0.313 e. The quantitative estimate of drug-likeness (QED) is 0.579. The Balaban J connectivity index is 1.79. The molecule has 0 N–H and O–H groups in total. The van der Waals surface area contributed by atoms with E-state index in [1.165, 1.54) is 0 Å². The molecule has 0 unspecified atom stereocenters. The fourth-order valence-corrected chi connectivity index (χ4v) is 2.77. The Morgan fingerprint density at radius 2 is 2.10 bits per heavy atom. The Hall–Kier alpha value is -1.89. The smallest absolute Gasteiger partial charge is 0.226 e. The van der Waals surface area contributed by atoms with Crippen LogP contribution in [-0.4, -0.2) is 38.4 Å². The molecule has 1 heterocycles. The summed E-state index contributed by atoms with van der Waals surface area (Å²) >= 11 is 1.57. The zero-order chi connectivity index (χ0) is 15.1. The van der Waals surface area contributed by atoms with Crippen molar-refractivity contribution in [2.75, 3.05) is 17.2 Å². The molecule has 1 aromatic carbocycles. The van der Waals surface area contributed by atoms with Gasteiger partial charge in [0.05, 0.1) is 0 Å². The van der Waals surface area contributed by atoms with Crippen LogP contribution in [0.2, 0.25) is 0 Å². The molecule has 2 rings (SSSR count). The fraction of sp³-hybridized carbons (Fsp3) is 0.429. The first-order valence-electron chi connectivity index (χ1n) is 6.93. The average molecular weight is 305 g/mol. The molecule has 0 saturated carbocycles. The number of carbonyl (C=O) groups excluding carboxylic acids is 1. The van der Waals surface area contributed by atoms with E-state index < -0.39 is 0 Å². The zero-order valence-electron chi connectivity index (χ0n) is 12.3. The second-order valence-electron chi connectivity index (χ2n) is 4.51. The first-order valence-corrected chi connectivity index (χ1v) is 7.91. The summed E-state index contributed by atoms with van der Waals surface area (Å²) in [6.07, 6.45) is 1.33. The minimum absolute atomic E-state index is 0.153. The Kier molecular flexibility index (Phi) is 5.74. The molecule has 21 heavy (non-hydrogen) atoms. The zero-order valence-corrected chi connectivity index (χ0v) is 13.1. The van der Waals surface area contributed by atoms with Crippen molar-refractivity contribution in [2.24, 2.45) is 7.05 Å². The lowest BCUT2D eigenvalue weighted by molar-refractivity contribution is -0.118. The maximum absolute atomic E-state index is 12.3. The number of amides is 1. The van der Waals surface area contributed by atoms with Crippen molar-refractivity contribution in [1.29, 1.82) is 0 Å². The molecule has 0 aliphatic carbocycles. The Bertz CT molecular complexity index is 572. The number of hydrogen-bond acceptors (Lipinski definition) is 5. The number of benzene rings is 1. The van der Waals surface area contributed by atoms with Gasteiger partial charge in [-0.2, -0.15) is 0 Å². The Morgan fingerprint density at radius 3 is 2.71 bits per heavy atom. The van der Waals surface area contributed by atoms with E-state index in [0.717, 1.165) is 23.0 Å². The molecule has 1 amide bonds. The lowest BCUT2D eigenvalue weighted by atomic mass is 10.2. The maximum Gasteiger partial charge on any atom is 0.226 e. The van der Waals surface area contributed by atoms with Crippen molar-refractivity contribution in [3.8, 4) is 0 Å². The highest BCUT2D eigenvalue weighted by molar-refractivity contribution is 7.99. The van der Waals surface area contributed by atoms with E-state index >= 15 is 0 Å². The van der Waals surface area contributed by atoms with Gasteiger partial charge in [0, 0.05) is 31.5 Å². The Morgan fingerprint density at radius 1 is 1.33 bits per heavy atom. The molecule has 1 aromatic heterocycles. The van der Waals surface area contributed by atoms with Crippen LogP contribution in [0.1, 0.15) is 19.8 Å². The van der Waals surface area contributed by atoms with Crippen molar-refractivity contribution in [3.63, 3.8) is 0 Å². The number of aromatic nitrogens is 4. The van der Waals surface area contributed by atoms with Gasteiger partial charge in [0.25, 0.3) is 0 Å². The van der Waals surface area contributed by atoms with Crippen LogP contribution in [0.4, 0.5) is 5.69 Å². The topological polar surface area (TPSA) is 63.9 Å². The molecule has 7 heteroatoms. The number of hydrogen-bond donors (Lipinski definition) is 0. The number of anilines is 1. The van der Waals surface area contributed by atoms with Crippen LogP contribution in [0.5, 0.6) is 0 Å². The second kappa shape index (κ2) is 7.78. The fourth-order valence-electron chi connectivity index (χ4n) is 1.98. The van der Waals surface area contributed by atoms with Gasteiger partial charge in [-0.15, -0.1) is 5.10 Å². The molecule has 0 saturated heterocycles. The van der Waals surface area contributed by atoms with Crippen molar-refractivity contribution in [2.45, 2.75) is 24.9 Å². The molecule has 2 aromatic rings. The van der Waals surface area contributed by atoms with E-state index in [1.807, 2.05) is 49.2 Å². The van der Waals surface area contributed by atoms with Crippen molar-refractivity contribution < 1.29 is 4.79 Å². The third-order valence-electron chi connectivity index (χ3n) is 3.03. The van der Waals surface area contributed by atoms with Crippen LogP contribution >= 0.6 is 11.8 Å². The summed E-state index contributed by atoms with van der Waals surface area (Å²) in [5, 5.41) is 12.0. The van der Waals surface area contributed by atoms with Crippen molar-refractivity contribution in [1.82, 2.24) is 20.2 Å². The SMILES string of the molecule is CCN(C(=O)CCCSc1nnnn1C)c1ccccc1. The lowest BCUT2D eigenvalue weighted by Crippen LogP contribution is -2.30. The predicted molar refractivity (Wildman–Crippen MR) is 83.2 cm³/mol. The highest BCUT2D eigenvalue weighted by atomic mass is 32.2. The van der Waals surface area contributed by atoms with E-state index in [2.05, 4.69) is 15.5 Å². The number of nitrogens with zero attached hydrogens (tertiary/aromatic N) is 5. The highest BCUT2D eigenvalue weighted by Crippen LogP contribution is 2.17. The van der Waals surface area contributed by atoms with E-state index in [-0.39, 0.29) is 5.91 Å². The third-order valence-corrected chi connectivity index (χ3v) is 4.13. The van der Waals surface area contributed by atoms with E-state index in [0.29, 0.717) is 13.0 Å². The van der Waals surface area contributed by atoms with Crippen LogP contribution in [0.15, 0.2) is 35.5 Å². The number of tetrazole rings is 1. The summed E-state index contributed by atoms with van der Waals surface area (Å²) in [7, 11) is 1.81. The molecule has 0 fully saturated rings. The molecule has 0 spiro atoms. The van der Waals surface area contributed by atoms with Gasteiger partial charge in [-0.3, -0.25) is 4.79 Å². The van der Waals surface area contributed by atoms with Gasteiger partial charge in [-0.1, -0.05) is 30.0 Å². The van der Waals surface area contributed by atoms with Crippen LogP contribution in [0.3, 0.4) is 0 Å². The number of carbonyl (C=O) groups is 1. The van der Waals surface area contributed by atoms with Gasteiger partial charge in [-0.25, -0.2) is 4.68 Å². The van der Waals surface area contributed by atoms with E-state index in [1.54, 1.807) is 16.4 Å². The molecule has 0 radical (unpaired) electrons. The highest BCUT2D eigenvalue weighted by Gasteiger charge is 2.13. The van der Waals surface area contributed by atoms with Crippen LogP contribution in [0.25, 0.3) is 0 Å². The first kappa shape index (κ1) is 15.5. The maximum atomic E-state index is 12.3. The molecule has 0 aliphatic heterocycles. The molecule has 0 atom stereocenters. The van der Waals surface area contributed by atoms with Gasteiger partial charge in [-0.05, 0) is 35.9 Å². The normalized spacial score (nSPS) is 10.6. The molecular weight excluding hydrogens is 286 g/mol. The molecule has 0 bridgehead atoms. The van der Waals surface area contributed by atoms with Crippen LogP contribution < -0.4 is 4.90 Å². The average Bonchev–Trinajstić information content (AvgIpc) is 2.91. The predicted octanol–water partition coefficient (Wildman–Crippen LogP) is 2.14. The summed E-state index contributed by atoms with van der Waals surface area (Å²) in [6, 6.07) is 9.76. The van der Waals surface area contributed by atoms with Gasteiger partial charge in [0.15, 0.2) is 0 Å². The van der Waals surface area contributed by atoms with Crippen LogP contribution in [0, 0.1) is 0 Å². The van der Waals surface area contributed by atoms with E-state index in [9.17, 15) is 4.79 Å². The summed E-state index contributed by atoms with van der Waals surface area (Å²) in [6.45, 7) is 2.67. The van der Waals surface area contributed by atoms with Crippen molar-refractivity contribution >= 4 is 23.4 Å². The van der Waals surface area contributed by atoms with Gasteiger partial charge >= 0.3 is 0 Å². The second-order valence-corrected chi connectivity index (χ2v) is 5.57. The van der Waals surface area contributed by atoms with Gasteiger partial charge in [0.1, 0.15) is 0 Å². The summed E-state index contributed by atoms with van der Waals surface area (Å²) in [4.78, 5) is 14.1. The van der Waals surface area contributed by atoms with Crippen molar-refractivity contribution in [3.05, 3.63) is 30.3 Å². The van der Waals surface area contributed by atoms with Gasteiger partial charge < -0.3 is 4.90 Å². The standard InChI is InChI=1S/C14H19N5OS/c1-3-19(12-8-5-4-6-9-12)13(20)10-7-11-21-14-15-16-17-18(14)2/h4-6,8-9H,3,7,10-11H2,1-2H3. The Labute approximate surface area is 128 Å². The number of thioether (sulfide) groups is 1.